The largest absolute Gasteiger partial charge is 0.496 e. The first-order chi connectivity index (χ1) is 9.72. The minimum Gasteiger partial charge on any atom is -0.496 e. The lowest BCUT2D eigenvalue weighted by molar-refractivity contribution is -0.144. The summed E-state index contributed by atoms with van der Waals surface area (Å²) in [5.41, 5.74) is 7.70. The van der Waals surface area contributed by atoms with E-state index in [-0.39, 0.29) is 11.5 Å². The van der Waals surface area contributed by atoms with Gasteiger partial charge in [0.2, 0.25) is 5.82 Å². The average molecular weight is 297 g/mol. The molecule has 2 N–H and O–H groups in total. The van der Waals surface area contributed by atoms with Crippen LogP contribution in [0.25, 0.3) is 11.3 Å². The van der Waals surface area contributed by atoms with Gasteiger partial charge >= 0.3 is 6.18 Å². The highest BCUT2D eigenvalue weighted by molar-refractivity contribution is 5.68. The summed E-state index contributed by atoms with van der Waals surface area (Å²) in [5.74, 6) is -0.806. The molecule has 1 aromatic carbocycles. The van der Waals surface area contributed by atoms with E-state index in [0.29, 0.717) is 11.3 Å². The molecule has 0 unspecified atom stereocenters. The second-order valence-corrected chi connectivity index (χ2v) is 4.64. The van der Waals surface area contributed by atoms with E-state index in [4.69, 9.17) is 10.5 Å². The Morgan fingerprint density at radius 3 is 2.29 bits per heavy atom. The Hall–Kier alpha value is -2.31. The summed E-state index contributed by atoms with van der Waals surface area (Å²) in [6, 6.07) is 4.79. The molecule has 0 aliphatic rings. The molecule has 1 aromatic heterocycles. The Morgan fingerprint density at radius 2 is 1.71 bits per heavy atom. The van der Waals surface area contributed by atoms with E-state index in [1.807, 2.05) is 0 Å². The molecule has 21 heavy (non-hydrogen) atoms. The van der Waals surface area contributed by atoms with Crippen LogP contribution in [0.1, 0.15) is 17.0 Å². The molecule has 4 nitrogen and oxygen atoms in total. The summed E-state index contributed by atoms with van der Waals surface area (Å²) in [7, 11) is 1.53. The van der Waals surface area contributed by atoms with E-state index in [9.17, 15) is 13.2 Å². The van der Waals surface area contributed by atoms with E-state index in [2.05, 4.69) is 9.97 Å². The Morgan fingerprint density at radius 1 is 1.05 bits per heavy atom. The fourth-order valence-electron chi connectivity index (χ4n) is 2.02. The standard InChI is InChI=1S/C14H14F3N3O/c1-7-5-11(21-3)8(2)4-9(7)10-6-12(18)20-13(19-10)14(15,16)17/h4-6H,1-3H3,(H2,18,19,20). The van der Waals surface area contributed by atoms with Gasteiger partial charge in [-0.3, -0.25) is 0 Å². The Balaban J connectivity index is 2.62. The van der Waals surface area contributed by atoms with Crippen molar-refractivity contribution in [2.24, 2.45) is 0 Å². The summed E-state index contributed by atoms with van der Waals surface area (Å²) >= 11 is 0. The smallest absolute Gasteiger partial charge is 0.451 e. The maximum Gasteiger partial charge on any atom is 0.451 e. The molecular weight excluding hydrogens is 283 g/mol. The monoisotopic (exact) mass is 297 g/mol. The van der Waals surface area contributed by atoms with Crippen LogP contribution in [-0.4, -0.2) is 17.1 Å². The van der Waals surface area contributed by atoms with Gasteiger partial charge in [0.25, 0.3) is 0 Å². The van der Waals surface area contributed by atoms with E-state index in [0.717, 1.165) is 11.1 Å². The van der Waals surface area contributed by atoms with Crippen molar-refractivity contribution in [1.82, 2.24) is 9.97 Å². The molecule has 7 heteroatoms. The van der Waals surface area contributed by atoms with E-state index in [1.54, 1.807) is 26.0 Å². The zero-order valence-electron chi connectivity index (χ0n) is 11.7. The quantitative estimate of drug-likeness (QED) is 0.923. The third-order valence-corrected chi connectivity index (χ3v) is 3.02. The minimum atomic E-state index is -4.64. The number of alkyl halides is 3. The van der Waals surface area contributed by atoms with Crippen molar-refractivity contribution >= 4 is 5.82 Å². The highest BCUT2D eigenvalue weighted by atomic mass is 19.4. The van der Waals surface area contributed by atoms with Gasteiger partial charge in [-0.25, -0.2) is 9.97 Å². The van der Waals surface area contributed by atoms with Crippen LogP contribution in [0.15, 0.2) is 18.2 Å². The van der Waals surface area contributed by atoms with Crippen molar-refractivity contribution in [3.63, 3.8) is 0 Å². The van der Waals surface area contributed by atoms with Gasteiger partial charge in [-0.1, -0.05) is 0 Å². The highest BCUT2D eigenvalue weighted by Crippen LogP contribution is 2.32. The van der Waals surface area contributed by atoms with Crippen LogP contribution >= 0.6 is 0 Å². The molecule has 0 saturated heterocycles. The maximum atomic E-state index is 12.8. The van der Waals surface area contributed by atoms with Gasteiger partial charge in [0, 0.05) is 11.6 Å². The van der Waals surface area contributed by atoms with Crippen molar-refractivity contribution < 1.29 is 17.9 Å². The van der Waals surface area contributed by atoms with Gasteiger partial charge in [0.15, 0.2) is 0 Å². The van der Waals surface area contributed by atoms with Crippen LogP contribution in [-0.2, 0) is 6.18 Å². The van der Waals surface area contributed by atoms with Crippen LogP contribution in [0.2, 0.25) is 0 Å². The number of rotatable bonds is 2. The van der Waals surface area contributed by atoms with Crippen LogP contribution in [0.4, 0.5) is 19.0 Å². The van der Waals surface area contributed by atoms with E-state index in [1.165, 1.54) is 13.2 Å². The lowest BCUT2D eigenvalue weighted by atomic mass is 10.0. The molecule has 0 saturated carbocycles. The number of anilines is 1. The number of hydrogen-bond acceptors (Lipinski definition) is 4. The van der Waals surface area contributed by atoms with Crippen LogP contribution in [0.5, 0.6) is 5.75 Å². The van der Waals surface area contributed by atoms with Gasteiger partial charge in [0.1, 0.15) is 11.6 Å². The lowest BCUT2D eigenvalue weighted by Crippen LogP contribution is -2.13. The third-order valence-electron chi connectivity index (χ3n) is 3.02. The molecule has 1 heterocycles. The molecule has 112 valence electrons. The van der Waals surface area contributed by atoms with Crippen LogP contribution in [0.3, 0.4) is 0 Å². The van der Waals surface area contributed by atoms with Gasteiger partial charge in [-0.15, -0.1) is 0 Å². The first-order valence-corrected chi connectivity index (χ1v) is 6.09. The Kier molecular flexibility index (Phi) is 3.76. The Bertz CT molecular complexity index is 684. The van der Waals surface area contributed by atoms with Gasteiger partial charge < -0.3 is 10.5 Å². The fourth-order valence-corrected chi connectivity index (χ4v) is 2.02. The normalized spacial score (nSPS) is 11.5. The van der Waals surface area contributed by atoms with Crippen molar-refractivity contribution in [2.45, 2.75) is 20.0 Å². The third kappa shape index (κ3) is 3.07. The first kappa shape index (κ1) is 15.1. The van der Waals surface area contributed by atoms with Gasteiger partial charge in [-0.05, 0) is 37.1 Å². The van der Waals surface area contributed by atoms with Crippen LogP contribution < -0.4 is 10.5 Å². The summed E-state index contributed by atoms with van der Waals surface area (Å²) in [6.45, 7) is 3.57. The minimum absolute atomic E-state index is 0.137. The summed E-state index contributed by atoms with van der Waals surface area (Å²) in [6.07, 6.45) is -4.64. The summed E-state index contributed by atoms with van der Waals surface area (Å²) < 4.78 is 43.5. The average Bonchev–Trinajstić information content (AvgIpc) is 2.39. The second-order valence-electron chi connectivity index (χ2n) is 4.64. The molecule has 0 amide bonds. The topological polar surface area (TPSA) is 61.0 Å². The van der Waals surface area contributed by atoms with Crippen LogP contribution in [0, 0.1) is 13.8 Å². The number of methoxy groups -OCH3 is 1. The molecule has 2 rings (SSSR count). The highest BCUT2D eigenvalue weighted by Gasteiger charge is 2.35. The number of aryl methyl sites for hydroxylation is 2. The molecule has 2 aromatic rings. The fraction of sp³-hybridized carbons (Fsp3) is 0.286. The van der Waals surface area contributed by atoms with Crippen molar-refractivity contribution in [1.29, 1.82) is 0 Å². The number of nitrogen functional groups attached to an aromatic ring is 1. The molecule has 0 spiro atoms. The SMILES string of the molecule is COc1cc(C)c(-c2cc(N)nc(C(F)(F)F)n2)cc1C. The number of nitrogens with zero attached hydrogens (tertiary/aromatic N) is 2. The van der Waals surface area contributed by atoms with Gasteiger partial charge in [-0.2, -0.15) is 13.2 Å². The number of ether oxygens (including phenoxy) is 1. The first-order valence-electron chi connectivity index (χ1n) is 6.09. The molecule has 0 atom stereocenters. The molecular formula is C14H14F3N3O. The van der Waals surface area contributed by atoms with Crippen molar-refractivity contribution in [3.8, 4) is 17.0 Å². The lowest BCUT2D eigenvalue weighted by Gasteiger charge is -2.13. The molecule has 0 radical (unpaired) electrons. The molecule has 0 aliphatic carbocycles. The number of halogens is 3. The predicted molar refractivity (Wildman–Crippen MR) is 72.9 cm³/mol. The van der Waals surface area contributed by atoms with Crippen molar-refractivity contribution in [3.05, 3.63) is 35.2 Å². The van der Waals surface area contributed by atoms with Gasteiger partial charge in [0.05, 0.1) is 12.8 Å². The number of benzene rings is 1. The second kappa shape index (κ2) is 5.23. The zero-order chi connectivity index (χ0) is 15.8. The summed E-state index contributed by atoms with van der Waals surface area (Å²) in [4.78, 5) is 6.81. The molecule has 0 fully saturated rings. The zero-order valence-corrected chi connectivity index (χ0v) is 11.7. The maximum absolute atomic E-state index is 12.8. The number of nitrogens with two attached hydrogens (primary N) is 1. The summed E-state index contributed by atoms with van der Waals surface area (Å²) in [5, 5.41) is 0. The van der Waals surface area contributed by atoms with Crippen molar-refractivity contribution in [2.75, 3.05) is 12.8 Å². The predicted octanol–water partition coefficient (Wildman–Crippen LogP) is 3.37. The Labute approximate surface area is 119 Å². The van der Waals surface area contributed by atoms with E-state index >= 15 is 0 Å². The molecule has 0 bridgehead atoms. The van der Waals surface area contributed by atoms with E-state index < -0.39 is 12.0 Å². The molecule has 0 aliphatic heterocycles. The number of aromatic nitrogens is 2. The number of hydrogen-bond donors (Lipinski definition) is 1.